The molecule has 1 N–H and O–H groups in total. The van der Waals surface area contributed by atoms with Gasteiger partial charge in [0.2, 0.25) is 5.95 Å². The van der Waals surface area contributed by atoms with E-state index in [-0.39, 0.29) is 17.6 Å². The maximum Gasteiger partial charge on any atom is 0.252 e. The van der Waals surface area contributed by atoms with E-state index >= 15 is 0 Å². The van der Waals surface area contributed by atoms with Crippen LogP contribution in [-0.2, 0) is 9.63 Å². The molecule has 29 heavy (non-hydrogen) atoms. The van der Waals surface area contributed by atoms with E-state index in [2.05, 4.69) is 15.3 Å². The second-order valence-electron chi connectivity index (χ2n) is 7.66. The third-order valence-corrected chi connectivity index (χ3v) is 5.39. The van der Waals surface area contributed by atoms with Gasteiger partial charge in [0.1, 0.15) is 23.4 Å². The smallest absolute Gasteiger partial charge is 0.252 e. The Morgan fingerprint density at radius 2 is 2.07 bits per heavy atom. The highest BCUT2D eigenvalue weighted by atomic mass is 19.1. The molecule has 2 aliphatic rings. The van der Waals surface area contributed by atoms with Gasteiger partial charge >= 0.3 is 0 Å². The molecule has 1 aromatic carbocycles. The monoisotopic (exact) mass is 399 g/mol. The van der Waals surface area contributed by atoms with E-state index in [4.69, 9.17) is 10.1 Å². The summed E-state index contributed by atoms with van der Waals surface area (Å²) in [7, 11) is 0. The number of benzene rings is 1. The average molecular weight is 399 g/mol. The minimum atomic E-state index is -0.682. The molecule has 7 nitrogen and oxygen atoms in total. The first kappa shape index (κ1) is 19.2. The number of halogens is 2. The zero-order valence-corrected chi connectivity index (χ0v) is 15.7. The summed E-state index contributed by atoms with van der Waals surface area (Å²) < 4.78 is 27.2. The lowest BCUT2D eigenvalue weighted by molar-refractivity contribution is -0.192. The van der Waals surface area contributed by atoms with E-state index in [0.717, 1.165) is 6.07 Å². The van der Waals surface area contributed by atoms with Crippen LogP contribution in [0.5, 0.6) is 0 Å². The number of nitrogens with zero attached hydrogens (tertiary/aromatic N) is 4. The third kappa shape index (κ3) is 3.76. The first-order chi connectivity index (χ1) is 13.9. The van der Waals surface area contributed by atoms with Gasteiger partial charge in [0.05, 0.1) is 18.1 Å². The normalized spacial score (nSPS) is 25.9. The molecule has 2 aromatic rings. The van der Waals surface area contributed by atoms with Crippen molar-refractivity contribution in [1.29, 1.82) is 5.26 Å². The summed E-state index contributed by atoms with van der Waals surface area (Å²) in [5, 5.41) is 13.3. The van der Waals surface area contributed by atoms with Crippen molar-refractivity contribution in [2.75, 3.05) is 11.9 Å². The molecule has 150 valence electrons. The number of rotatable bonds is 4. The quantitative estimate of drug-likeness (QED) is 0.850. The minimum absolute atomic E-state index is 0.0226. The second kappa shape index (κ2) is 7.37. The van der Waals surface area contributed by atoms with Crippen LogP contribution in [0.4, 0.5) is 14.7 Å². The van der Waals surface area contributed by atoms with Gasteiger partial charge < -0.3 is 5.32 Å². The Hall–Kier alpha value is -3.12. The maximum absolute atomic E-state index is 13.6. The summed E-state index contributed by atoms with van der Waals surface area (Å²) in [5.74, 6) is -1.24. The topological polar surface area (TPSA) is 91.1 Å². The van der Waals surface area contributed by atoms with Crippen LogP contribution in [0.15, 0.2) is 30.5 Å². The highest BCUT2D eigenvalue weighted by Gasteiger charge is 2.51. The van der Waals surface area contributed by atoms with Crippen molar-refractivity contribution in [2.45, 2.75) is 38.3 Å². The lowest BCUT2D eigenvalue weighted by atomic mass is 9.66. The number of amides is 1. The Balaban J connectivity index is 1.43. The van der Waals surface area contributed by atoms with Crippen LogP contribution in [-0.4, -0.2) is 33.6 Å². The fourth-order valence-corrected chi connectivity index (χ4v) is 3.98. The SMILES string of the molecule is CC1(C(=O)N2OCC[C@H]2c2cc(F)cc(F)c2)CC(Nc2nccc(C#N)n2)C1. The van der Waals surface area contributed by atoms with E-state index < -0.39 is 23.1 Å². The lowest BCUT2D eigenvalue weighted by Crippen LogP contribution is -2.53. The molecule has 2 fully saturated rings. The standard InChI is InChI=1S/C20H19F2N5O2/c1-20(9-16(10-20)26-19-24-4-2-15(11-23)25-19)18(28)27-17(3-5-29-27)12-6-13(21)8-14(22)7-12/h2,4,6-8,16-17H,3,5,9-10H2,1H3,(H,24,25,26)/t16?,17-,20?/m0/s1. The fraction of sp³-hybridized carbons (Fsp3) is 0.400. The van der Waals surface area contributed by atoms with Crippen molar-refractivity contribution in [2.24, 2.45) is 5.41 Å². The van der Waals surface area contributed by atoms with Crippen molar-refractivity contribution in [3.63, 3.8) is 0 Å². The van der Waals surface area contributed by atoms with Crippen LogP contribution in [0.25, 0.3) is 0 Å². The minimum Gasteiger partial charge on any atom is -0.351 e. The summed E-state index contributed by atoms with van der Waals surface area (Å²) in [6.07, 6.45) is 3.02. The number of carbonyl (C=O) groups is 1. The van der Waals surface area contributed by atoms with E-state index in [0.29, 0.717) is 37.4 Å². The summed E-state index contributed by atoms with van der Waals surface area (Å²) in [5.41, 5.74) is -0.0251. The van der Waals surface area contributed by atoms with Gasteiger partial charge in [-0.15, -0.1) is 0 Å². The first-order valence-corrected chi connectivity index (χ1v) is 9.30. The van der Waals surface area contributed by atoms with Crippen LogP contribution in [0.1, 0.15) is 43.5 Å². The molecule has 1 saturated heterocycles. The van der Waals surface area contributed by atoms with Gasteiger partial charge in [0.25, 0.3) is 5.91 Å². The molecule has 1 atom stereocenters. The van der Waals surface area contributed by atoms with Gasteiger partial charge in [0.15, 0.2) is 0 Å². The Morgan fingerprint density at radius 1 is 1.34 bits per heavy atom. The van der Waals surface area contributed by atoms with Gasteiger partial charge in [-0.05, 0) is 36.6 Å². The number of hydrogen-bond acceptors (Lipinski definition) is 6. The molecule has 0 unspecified atom stereocenters. The van der Waals surface area contributed by atoms with Gasteiger partial charge in [0, 0.05) is 24.7 Å². The molecule has 1 saturated carbocycles. The average Bonchev–Trinajstić information content (AvgIpc) is 3.15. The molecule has 1 amide bonds. The van der Waals surface area contributed by atoms with Crippen molar-refractivity contribution >= 4 is 11.9 Å². The molecule has 0 radical (unpaired) electrons. The fourth-order valence-electron chi connectivity index (χ4n) is 3.98. The van der Waals surface area contributed by atoms with E-state index in [9.17, 15) is 13.6 Å². The second-order valence-corrected chi connectivity index (χ2v) is 7.66. The molecule has 1 aromatic heterocycles. The van der Waals surface area contributed by atoms with Crippen LogP contribution < -0.4 is 5.32 Å². The maximum atomic E-state index is 13.6. The van der Waals surface area contributed by atoms with Crippen molar-refractivity contribution in [1.82, 2.24) is 15.0 Å². The number of hydroxylamine groups is 2. The molecular weight excluding hydrogens is 380 g/mol. The molecule has 0 spiro atoms. The van der Waals surface area contributed by atoms with Gasteiger partial charge in [-0.3, -0.25) is 9.63 Å². The summed E-state index contributed by atoms with van der Waals surface area (Å²) in [6.45, 7) is 2.14. The van der Waals surface area contributed by atoms with Crippen LogP contribution in [0.3, 0.4) is 0 Å². The predicted molar refractivity (Wildman–Crippen MR) is 98.0 cm³/mol. The predicted octanol–water partition coefficient (Wildman–Crippen LogP) is 3.11. The molecule has 9 heteroatoms. The van der Waals surface area contributed by atoms with E-state index in [1.807, 2.05) is 13.0 Å². The zero-order valence-electron chi connectivity index (χ0n) is 15.7. The molecule has 2 heterocycles. The van der Waals surface area contributed by atoms with Gasteiger partial charge in [-0.1, -0.05) is 6.92 Å². The number of aromatic nitrogens is 2. The molecule has 1 aliphatic heterocycles. The van der Waals surface area contributed by atoms with Crippen LogP contribution >= 0.6 is 0 Å². The Kier molecular flexibility index (Phi) is 4.88. The first-order valence-electron chi connectivity index (χ1n) is 9.30. The largest absolute Gasteiger partial charge is 0.351 e. The Labute approximate surface area is 166 Å². The molecule has 4 rings (SSSR count). The summed E-state index contributed by atoms with van der Waals surface area (Å²) in [4.78, 5) is 26.8. The Morgan fingerprint density at radius 3 is 2.76 bits per heavy atom. The number of anilines is 1. The van der Waals surface area contributed by atoms with Gasteiger partial charge in [-0.25, -0.2) is 23.8 Å². The van der Waals surface area contributed by atoms with E-state index in [1.54, 1.807) is 0 Å². The number of hydrogen-bond donors (Lipinski definition) is 1. The number of nitrogens with one attached hydrogen (secondary N) is 1. The zero-order chi connectivity index (χ0) is 20.6. The highest BCUT2D eigenvalue weighted by molar-refractivity contribution is 5.83. The molecule has 0 bridgehead atoms. The number of nitriles is 1. The van der Waals surface area contributed by atoms with Crippen molar-refractivity contribution < 1.29 is 18.4 Å². The van der Waals surface area contributed by atoms with Crippen molar-refractivity contribution in [3.8, 4) is 6.07 Å². The highest BCUT2D eigenvalue weighted by Crippen LogP contribution is 2.46. The lowest BCUT2D eigenvalue weighted by Gasteiger charge is -2.46. The van der Waals surface area contributed by atoms with E-state index in [1.165, 1.54) is 29.5 Å². The Bertz CT molecular complexity index is 967. The molecule has 1 aliphatic carbocycles. The summed E-state index contributed by atoms with van der Waals surface area (Å²) in [6, 6.07) is 6.19. The van der Waals surface area contributed by atoms with Crippen molar-refractivity contribution in [3.05, 3.63) is 53.4 Å². The van der Waals surface area contributed by atoms with Gasteiger partial charge in [-0.2, -0.15) is 5.26 Å². The molecular formula is C20H19F2N5O2. The van der Waals surface area contributed by atoms with Crippen LogP contribution in [0.2, 0.25) is 0 Å². The number of carbonyl (C=O) groups excluding carboxylic acids is 1. The third-order valence-electron chi connectivity index (χ3n) is 5.39. The summed E-state index contributed by atoms with van der Waals surface area (Å²) >= 11 is 0. The van der Waals surface area contributed by atoms with Crippen LogP contribution in [0, 0.1) is 28.4 Å².